The van der Waals surface area contributed by atoms with Crippen molar-refractivity contribution in [2.24, 2.45) is 0 Å². The third-order valence-electron chi connectivity index (χ3n) is 4.04. The van der Waals surface area contributed by atoms with Gasteiger partial charge in [-0.15, -0.1) is 0 Å². The van der Waals surface area contributed by atoms with Gasteiger partial charge < -0.3 is 19.9 Å². The highest BCUT2D eigenvalue weighted by Crippen LogP contribution is 2.38. The SMILES string of the molecule is COc1cc(S(=O)(=O)Nc2ccccc2)c(OC)cc1NC(=O)[C@@](C)(O)C(F)(F)F. The maximum absolute atomic E-state index is 12.9. The molecule has 0 aliphatic carbocycles. The number of alkyl halides is 3. The Hall–Kier alpha value is -2.99. The van der Waals surface area contributed by atoms with Crippen LogP contribution in [0.5, 0.6) is 11.5 Å². The summed E-state index contributed by atoms with van der Waals surface area (Å²) in [7, 11) is -1.92. The fourth-order valence-electron chi connectivity index (χ4n) is 2.27. The van der Waals surface area contributed by atoms with Crippen molar-refractivity contribution in [3.8, 4) is 11.5 Å². The van der Waals surface area contributed by atoms with Gasteiger partial charge in [-0.2, -0.15) is 13.2 Å². The lowest BCUT2D eigenvalue weighted by Crippen LogP contribution is -2.52. The second kappa shape index (κ2) is 8.40. The Kier molecular flexibility index (Phi) is 6.52. The quantitative estimate of drug-likeness (QED) is 0.600. The average Bonchev–Trinajstić information content (AvgIpc) is 2.66. The Morgan fingerprint density at radius 2 is 1.60 bits per heavy atom. The van der Waals surface area contributed by atoms with E-state index in [9.17, 15) is 31.5 Å². The number of rotatable bonds is 7. The number of amides is 1. The molecule has 8 nitrogen and oxygen atoms in total. The van der Waals surface area contributed by atoms with Crippen LogP contribution in [0.25, 0.3) is 0 Å². The average molecular weight is 448 g/mol. The van der Waals surface area contributed by atoms with Gasteiger partial charge in [0.05, 0.1) is 19.9 Å². The summed E-state index contributed by atoms with van der Waals surface area (Å²) in [5.74, 6) is -2.33. The molecule has 0 saturated heterocycles. The van der Waals surface area contributed by atoms with E-state index in [0.29, 0.717) is 0 Å². The van der Waals surface area contributed by atoms with Crippen molar-refractivity contribution in [2.75, 3.05) is 24.3 Å². The number of nitrogens with one attached hydrogen (secondary N) is 2. The molecular weight excluding hydrogens is 429 g/mol. The molecule has 1 amide bonds. The Balaban J connectivity index is 2.47. The molecule has 0 aromatic heterocycles. The van der Waals surface area contributed by atoms with Gasteiger partial charge in [-0.05, 0) is 19.1 Å². The Labute approximate surface area is 170 Å². The van der Waals surface area contributed by atoms with Crippen molar-refractivity contribution in [3.63, 3.8) is 0 Å². The number of ether oxygens (including phenoxy) is 2. The smallest absolute Gasteiger partial charge is 0.426 e. The summed E-state index contributed by atoms with van der Waals surface area (Å²) >= 11 is 0. The van der Waals surface area contributed by atoms with Gasteiger partial charge in [0.1, 0.15) is 16.4 Å². The number of halogens is 3. The first kappa shape index (κ1) is 23.3. The van der Waals surface area contributed by atoms with Crippen LogP contribution < -0.4 is 19.5 Å². The first-order valence-corrected chi connectivity index (χ1v) is 9.76. The second-order valence-corrected chi connectivity index (χ2v) is 7.85. The van der Waals surface area contributed by atoms with E-state index in [-0.39, 0.29) is 34.7 Å². The van der Waals surface area contributed by atoms with Gasteiger partial charge in [-0.1, -0.05) is 18.2 Å². The number of aliphatic hydroxyl groups is 1. The number of methoxy groups -OCH3 is 2. The minimum Gasteiger partial charge on any atom is -0.495 e. The largest absolute Gasteiger partial charge is 0.495 e. The van der Waals surface area contributed by atoms with Crippen LogP contribution in [0.1, 0.15) is 6.92 Å². The molecule has 0 spiro atoms. The summed E-state index contributed by atoms with van der Waals surface area (Å²) in [4.78, 5) is 11.6. The van der Waals surface area contributed by atoms with Crippen LogP contribution >= 0.6 is 0 Å². The summed E-state index contributed by atoms with van der Waals surface area (Å²) in [5, 5.41) is 11.4. The van der Waals surface area contributed by atoms with Gasteiger partial charge in [0, 0.05) is 17.8 Å². The van der Waals surface area contributed by atoms with Gasteiger partial charge >= 0.3 is 6.18 Å². The molecule has 3 N–H and O–H groups in total. The lowest BCUT2D eigenvalue weighted by Gasteiger charge is -2.25. The molecule has 2 aromatic rings. The van der Waals surface area contributed by atoms with Gasteiger partial charge in [0.2, 0.25) is 5.60 Å². The molecule has 30 heavy (non-hydrogen) atoms. The molecule has 0 heterocycles. The lowest BCUT2D eigenvalue weighted by molar-refractivity contribution is -0.242. The van der Waals surface area contributed by atoms with E-state index >= 15 is 0 Å². The van der Waals surface area contributed by atoms with E-state index < -0.39 is 27.7 Å². The van der Waals surface area contributed by atoms with Crippen LogP contribution in [0.4, 0.5) is 24.5 Å². The summed E-state index contributed by atoms with van der Waals surface area (Å²) in [6, 6.07) is 9.88. The number of carbonyl (C=O) groups is 1. The summed E-state index contributed by atoms with van der Waals surface area (Å²) in [5.41, 5.74) is -3.76. The summed E-state index contributed by atoms with van der Waals surface area (Å²) in [6.45, 7) is 0.286. The van der Waals surface area contributed by atoms with Crippen molar-refractivity contribution in [2.45, 2.75) is 23.6 Å². The fourth-order valence-corrected chi connectivity index (χ4v) is 3.49. The second-order valence-electron chi connectivity index (χ2n) is 6.20. The maximum atomic E-state index is 12.9. The molecule has 0 aliphatic heterocycles. The number of hydrogen-bond acceptors (Lipinski definition) is 6. The first-order valence-electron chi connectivity index (χ1n) is 8.28. The molecule has 164 valence electrons. The monoisotopic (exact) mass is 448 g/mol. The lowest BCUT2D eigenvalue weighted by atomic mass is 10.1. The summed E-state index contributed by atoms with van der Waals surface area (Å²) in [6.07, 6.45) is -5.24. The zero-order valence-electron chi connectivity index (χ0n) is 16.1. The molecule has 0 radical (unpaired) electrons. The number of hydrogen-bond donors (Lipinski definition) is 3. The molecule has 2 aromatic carbocycles. The Bertz CT molecular complexity index is 1020. The number of carbonyl (C=O) groups excluding carboxylic acids is 1. The highest BCUT2D eigenvalue weighted by molar-refractivity contribution is 7.92. The molecule has 1 atom stereocenters. The van der Waals surface area contributed by atoms with E-state index in [1.807, 2.05) is 5.32 Å². The van der Waals surface area contributed by atoms with Crippen LogP contribution in [0.15, 0.2) is 47.4 Å². The van der Waals surface area contributed by atoms with E-state index in [2.05, 4.69) is 4.72 Å². The Morgan fingerprint density at radius 1 is 1.03 bits per heavy atom. The number of benzene rings is 2. The zero-order chi connectivity index (χ0) is 22.7. The first-order chi connectivity index (χ1) is 13.8. The minimum absolute atomic E-state index is 0.261. The van der Waals surface area contributed by atoms with Gasteiger partial charge in [-0.3, -0.25) is 9.52 Å². The number of para-hydroxylation sites is 1. The van der Waals surface area contributed by atoms with E-state index in [0.717, 1.165) is 26.4 Å². The maximum Gasteiger partial charge on any atom is 0.426 e. The van der Waals surface area contributed by atoms with E-state index in [1.165, 1.54) is 12.1 Å². The van der Waals surface area contributed by atoms with Crippen LogP contribution in [0.3, 0.4) is 0 Å². The molecule has 0 fully saturated rings. The predicted octanol–water partition coefficient (Wildman–Crippen LogP) is 2.76. The van der Waals surface area contributed by atoms with Gasteiger partial charge in [0.15, 0.2) is 0 Å². The fraction of sp³-hybridized carbons (Fsp3) is 0.278. The highest BCUT2D eigenvalue weighted by atomic mass is 32.2. The van der Waals surface area contributed by atoms with Crippen molar-refractivity contribution >= 4 is 27.3 Å². The van der Waals surface area contributed by atoms with Crippen molar-refractivity contribution in [1.82, 2.24) is 0 Å². The molecule has 0 bridgehead atoms. The topological polar surface area (TPSA) is 114 Å². The number of anilines is 2. The van der Waals surface area contributed by atoms with Crippen molar-refractivity contribution in [3.05, 3.63) is 42.5 Å². The van der Waals surface area contributed by atoms with Gasteiger partial charge in [0.25, 0.3) is 15.9 Å². The van der Waals surface area contributed by atoms with Crippen LogP contribution in [0, 0.1) is 0 Å². The molecule has 0 aliphatic rings. The molecule has 0 saturated carbocycles. The highest BCUT2D eigenvalue weighted by Gasteiger charge is 2.56. The summed E-state index contributed by atoms with van der Waals surface area (Å²) < 4.78 is 76.5. The number of sulfonamides is 1. The Morgan fingerprint density at radius 3 is 2.10 bits per heavy atom. The third kappa shape index (κ3) is 4.76. The normalized spacial score (nSPS) is 13.8. The van der Waals surface area contributed by atoms with Crippen molar-refractivity contribution in [1.29, 1.82) is 0 Å². The third-order valence-corrected chi connectivity index (χ3v) is 5.45. The molecule has 12 heteroatoms. The van der Waals surface area contributed by atoms with Crippen LogP contribution in [0.2, 0.25) is 0 Å². The predicted molar refractivity (Wildman–Crippen MR) is 102 cm³/mol. The van der Waals surface area contributed by atoms with Gasteiger partial charge in [-0.25, -0.2) is 8.42 Å². The molecular formula is C18H19F3N2O6S. The van der Waals surface area contributed by atoms with Crippen LogP contribution in [-0.4, -0.2) is 45.4 Å². The van der Waals surface area contributed by atoms with E-state index in [1.54, 1.807) is 18.2 Å². The standard InChI is InChI=1S/C18H19F3N2O6S/c1-17(25,18(19,20)21)16(24)22-12-9-14(29-3)15(10-13(12)28-2)30(26,27)23-11-7-5-4-6-8-11/h4-10,23,25H,1-3H3,(H,22,24)/t17-/m1/s1. The van der Waals surface area contributed by atoms with E-state index in [4.69, 9.17) is 9.47 Å². The zero-order valence-corrected chi connectivity index (χ0v) is 16.9. The minimum atomic E-state index is -5.24. The van der Waals surface area contributed by atoms with Crippen molar-refractivity contribution < 1.29 is 41.0 Å². The molecule has 2 rings (SSSR count). The van der Waals surface area contributed by atoms with Crippen LogP contribution in [-0.2, 0) is 14.8 Å². The molecule has 0 unspecified atom stereocenters.